The van der Waals surface area contributed by atoms with Gasteiger partial charge in [0.05, 0.1) is 0 Å². The number of hydrogen-bond acceptors (Lipinski definition) is 4. The third-order valence-corrected chi connectivity index (χ3v) is 2.27. The molecule has 106 valence electrons. The highest BCUT2D eigenvalue weighted by Crippen LogP contribution is 2.19. The van der Waals surface area contributed by atoms with Gasteiger partial charge in [-0.3, -0.25) is 5.32 Å². The molecule has 5 nitrogen and oxygen atoms in total. The van der Waals surface area contributed by atoms with Gasteiger partial charge in [-0.05, 0) is 58.4 Å². The molecule has 1 unspecified atom stereocenters. The van der Waals surface area contributed by atoms with Crippen molar-refractivity contribution < 1.29 is 14.3 Å². The summed E-state index contributed by atoms with van der Waals surface area (Å²) in [5, 5.41) is 2.60. The number of ether oxygens (including phenoxy) is 2. The third-order valence-electron chi connectivity index (χ3n) is 2.27. The summed E-state index contributed by atoms with van der Waals surface area (Å²) in [5.74, 6) is 0.648. The molecule has 0 aliphatic heterocycles. The van der Waals surface area contributed by atoms with Crippen LogP contribution in [0.25, 0.3) is 0 Å². The quantitative estimate of drug-likeness (QED) is 0.651. The van der Waals surface area contributed by atoms with Gasteiger partial charge < -0.3 is 15.2 Å². The maximum Gasteiger partial charge on any atom is 0.410 e. The van der Waals surface area contributed by atoms with Gasteiger partial charge in [-0.15, -0.1) is 0 Å². The number of benzene rings is 1. The van der Waals surface area contributed by atoms with E-state index in [-0.39, 0.29) is 0 Å². The van der Waals surface area contributed by atoms with Crippen molar-refractivity contribution in [1.82, 2.24) is 5.32 Å². The SMILES string of the molecule is Cc1cc(OC(C)NC(=O)OC(C)(C)C)ccc1N. The molecule has 0 saturated carbocycles. The molecule has 1 amide bonds. The van der Waals surface area contributed by atoms with E-state index in [9.17, 15) is 4.79 Å². The summed E-state index contributed by atoms with van der Waals surface area (Å²) in [6.07, 6.45) is -0.995. The Morgan fingerprint density at radius 2 is 2.00 bits per heavy atom. The summed E-state index contributed by atoms with van der Waals surface area (Å²) in [4.78, 5) is 11.5. The van der Waals surface area contributed by atoms with Crippen molar-refractivity contribution >= 4 is 11.8 Å². The predicted molar refractivity (Wildman–Crippen MR) is 75.1 cm³/mol. The number of aryl methyl sites for hydroxylation is 1. The summed E-state index contributed by atoms with van der Waals surface area (Å²) in [5.41, 5.74) is 6.84. The van der Waals surface area contributed by atoms with Crippen LogP contribution in [0.2, 0.25) is 0 Å². The monoisotopic (exact) mass is 266 g/mol. The van der Waals surface area contributed by atoms with Gasteiger partial charge in [-0.1, -0.05) is 0 Å². The van der Waals surface area contributed by atoms with Gasteiger partial charge >= 0.3 is 6.09 Å². The fourth-order valence-corrected chi connectivity index (χ4v) is 1.43. The second kappa shape index (κ2) is 5.82. The lowest BCUT2D eigenvalue weighted by Crippen LogP contribution is -2.40. The number of carbonyl (C=O) groups excluding carboxylic acids is 1. The zero-order valence-corrected chi connectivity index (χ0v) is 12.1. The first-order chi connectivity index (χ1) is 8.67. The molecule has 5 heteroatoms. The molecule has 3 N–H and O–H groups in total. The smallest absolute Gasteiger partial charge is 0.410 e. The minimum atomic E-state index is -0.526. The molecule has 0 heterocycles. The Bertz CT molecular complexity index is 452. The van der Waals surface area contributed by atoms with Crippen LogP contribution in [0.15, 0.2) is 18.2 Å². The molecule has 1 atom stereocenters. The van der Waals surface area contributed by atoms with E-state index < -0.39 is 17.9 Å². The molecule has 0 aromatic heterocycles. The van der Waals surface area contributed by atoms with Crippen molar-refractivity contribution in [2.24, 2.45) is 0 Å². The minimum absolute atomic E-state index is 0.488. The van der Waals surface area contributed by atoms with Crippen LogP contribution in [0.5, 0.6) is 5.75 Å². The van der Waals surface area contributed by atoms with Crippen LogP contribution in [0, 0.1) is 6.92 Å². The van der Waals surface area contributed by atoms with Gasteiger partial charge in [0.1, 0.15) is 11.4 Å². The van der Waals surface area contributed by atoms with Gasteiger partial charge in [-0.2, -0.15) is 0 Å². The summed E-state index contributed by atoms with van der Waals surface area (Å²) in [6, 6.07) is 5.35. The van der Waals surface area contributed by atoms with Crippen molar-refractivity contribution in [1.29, 1.82) is 0 Å². The van der Waals surface area contributed by atoms with Crippen LogP contribution in [-0.2, 0) is 4.74 Å². The van der Waals surface area contributed by atoms with E-state index in [1.54, 1.807) is 39.8 Å². The molecule has 0 bridgehead atoms. The van der Waals surface area contributed by atoms with Gasteiger partial charge in [-0.25, -0.2) is 4.79 Å². The van der Waals surface area contributed by atoms with Gasteiger partial charge in [0.2, 0.25) is 0 Å². The fraction of sp³-hybridized carbons (Fsp3) is 0.500. The van der Waals surface area contributed by atoms with Crippen molar-refractivity contribution in [3.8, 4) is 5.75 Å². The summed E-state index contributed by atoms with van der Waals surface area (Å²) in [6.45, 7) is 9.05. The van der Waals surface area contributed by atoms with Crippen molar-refractivity contribution in [2.45, 2.75) is 46.4 Å². The van der Waals surface area contributed by atoms with E-state index in [1.807, 2.05) is 13.0 Å². The van der Waals surface area contributed by atoms with Crippen LogP contribution >= 0.6 is 0 Å². The first-order valence-electron chi connectivity index (χ1n) is 6.19. The first kappa shape index (κ1) is 15.1. The standard InChI is InChI=1S/C14H22N2O3/c1-9-8-11(6-7-12(9)15)18-10(2)16-13(17)19-14(3,4)5/h6-8,10H,15H2,1-5H3,(H,16,17). The predicted octanol–water partition coefficient (Wildman–Crippen LogP) is 2.83. The summed E-state index contributed by atoms with van der Waals surface area (Å²) < 4.78 is 10.7. The Morgan fingerprint density at radius 1 is 1.37 bits per heavy atom. The molecule has 0 saturated heterocycles. The lowest BCUT2D eigenvalue weighted by atomic mass is 10.2. The first-order valence-corrected chi connectivity index (χ1v) is 6.19. The molecule has 0 aliphatic rings. The van der Waals surface area contributed by atoms with E-state index in [4.69, 9.17) is 15.2 Å². The van der Waals surface area contributed by atoms with Gasteiger partial charge in [0.25, 0.3) is 0 Å². The molecule has 19 heavy (non-hydrogen) atoms. The highest BCUT2D eigenvalue weighted by molar-refractivity contribution is 5.67. The average Bonchev–Trinajstić information content (AvgIpc) is 2.20. The van der Waals surface area contributed by atoms with E-state index in [0.717, 1.165) is 5.56 Å². The van der Waals surface area contributed by atoms with E-state index in [0.29, 0.717) is 11.4 Å². The van der Waals surface area contributed by atoms with Crippen LogP contribution in [0.1, 0.15) is 33.3 Å². The maximum absolute atomic E-state index is 11.5. The molecule has 0 spiro atoms. The van der Waals surface area contributed by atoms with Crippen LogP contribution < -0.4 is 15.8 Å². The number of anilines is 1. The Morgan fingerprint density at radius 3 is 2.53 bits per heavy atom. The molecule has 0 aliphatic carbocycles. The van der Waals surface area contributed by atoms with E-state index >= 15 is 0 Å². The number of hydrogen-bond donors (Lipinski definition) is 2. The Hall–Kier alpha value is -1.91. The Balaban J connectivity index is 2.53. The van der Waals surface area contributed by atoms with Crippen molar-refractivity contribution in [2.75, 3.05) is 5.73 Å². The highest BCUT2D eigenvalue weighted by atomic mass is 16.6. The molecular formula is C14H22N2O3. The molecule has 1 aromatic carbocycles. The lowest BCUT2D eigenvalue weighted by molar-refractivity contribution is 0.0414. The zero-order chi connectivity index (χ0) is 14.6. The number of rotatable bonds is 3. The topological polar surface area (TPSA) is 73.6 Å². The molecule has 1 aromatic rings. The molecular weight excluding hydrogens is 244 g/mol. The molecule has 0 radical (unpaired) electrons. The van der Waals surface area contributed by atoms with Crippen molar-refractivity contribution in [3.63, 3.8) is 0 Å². The van der Waals surface area contributed by atoms with E-state index in [2.05, 4.69) is 5.32 Å². The second-order valence-corrected chi connectivity index (χ2v) is 5.42. The average molecular weight is 266 g/mol. The largest absolute Gasteiger partial charge is 0.471 e. The highest BCUT2D eigenvalue weighted by Gasteiger charge is 2.18. The van der Waals surface area contributed by atoms with Crippen LogP contribution in [0.4, 0.5) is 10.5 Å². The minimum Gasteiger partial charge on any atom is -0.471 e. The number of nitrogen functional groups attached to an aromatic ring is 1. The van der Waals surface area contributed by atoms with Crippen molar-refractivity contribution in [3.05, 3.63) is 23.8 Å². The van der Waals surface area contributed by atoms with E-state index in [1.165, 1.54) is 0 Å². The second-order valence-electron chi connectivity index (χ2n) is 5.42. The maximum atomic E-state index is 11.5. The van der Waals surface area contributed by atoms with Gasteiger partial charge in [0.15, 0.2) is 6.23 Å². The number of carbonyl (C=O) groups is 1. The zero-order valence-electron chi connectivity index (χ0n) is 12.1. The van der Waals surface area contributed by atoms with Crippen LogP contribution in [-0.4, -0.2) is 17.9 Å². The van der Waals surface area contributed by atoms with Gasteiger partial charge in [0, 0.05) is 5.69 Å². The Kier molecular flexibility index (Phi) is 4.64. The Labute approximate surface area is 114 Å². The number of alkyl carbamates (subject to hydrolysis) is 1. The summed E-state index contributed by atoms with van der Waals surface area (Å²) >= 11 is 0. The molecule has 0 fully saturated rings. The third kappa shape index (κ3) is 5.50. The molecule has 1 rings (SSSR count). The number of nitrogens with two attached hydrogens (primary N) is 1. The summed E-state index contributed by atoms with van der Waals surface area (Å²) in [7, 11) is 0. The van der Waals surface area contributed by atoms with Crippen LogP contribution in [0.3, 0.4) is 0 Å². The number of nitrogens with one attached hydrogen (secondary N) is 1. The lowest BCUT2D eigenvalue weighted by Gasteiger charge is -2.22. The fourth-order valence-electron chi connectivity index (χ4n) is 1.43. The normalized spacial score (nSPS) is 12.7. The number of amides is 1.